The van der Waals surface area contributed by atoms with Gasteiger partial charge >= 0.3 is 0 Å². The lowest BCUT2D eigenvalue weighted by molar-refractivity contribution is 0.653. The van der Waals surface area contributed by atoms with Gasteiger partial charge in [0.05, 0.1) is 0 Å². The third kappa shape index (κ3) is 3.78. The van der Waals surface area contributed by atoms with E-state index in [1.165, 1.54) is 0 Å². The maximum atomic E-state index is 6.36. The summed E-state index contributed by atoms with van der Waals surface area (Å²) in [6.07, 6.45) is 2.78. The third-order valence-electron chi connectivity index (χ3n) is 3.02. The molecule has 4 heteroatoms. The molecule has 2 rings (SSSR count). The van der Waals surface area contributed by atoms with E-state index in [0.717, 1.165) is 22.8 Å². The average molecular weight is 273 g/mol. The number of thioether (sulfide) groups is 1. The van der Waals surface area contributed by atoms with Gasteiger partial charge < -0.3 is 5.73 Å². The summed E-state index contributed by atoms with van der Waals surface area (Å²) in [5.74, 6) is 0. The van der Waals surface area contributed by atoms with E-state index < -0.39 is 0 Å². The molecule has 1 aromatic carbocycles. The van der Waals surface area contributed by atoms with E-state index in [0.29, 0.717) is 0 Å². The lowest BCUT2D eigenvalue weighted by Gasteiger charge is -2.21. The van der Waals surface area contributed by atoms with E-state index in [4.69, 9.17) is 5.73 Å². The lowest BCUT2D eigenvalue weighted by Crippen LogP contribution is -2.23. The van der Waals surface area contributed by atoms with Crippen molar-refractivity contribution in [3.8, 4) is 0 Å². The van der Waals surface area contributed by atoms with Crippen molar-refractivity contribution in [1.29, 1.82) is 0 Å². The number of hydrogen-bond donors (Lipinski definition) is 1. The van der Waals surface area contributed by atoms with Gasteiger partial charge in [0, 0.05) is 23.2 Å². The number of rotatable bonds is 5. The lowest BCUT2D eigenvalue weighted by atomic mass is 10.0. The van der Waals surface area contributed by atoms with Crippen LogP contribution in [0.2, 0.25) is 0 Å². The van der Waals surface area contributed by atoms with Gasteiger partial charge in [-0.2, -0.15) is 0 Å². The summed E-state index contributed by atoms with van der Waals surface area (Å²) in [7, 11) is 0. The normalized spacial score (nSPS) is 14.1. The van der Waals surface area contributed by atoms with Crippen molar-refractivity contribution in [2.24, 2.45) is 5.73 Å². The summed E-state index contributed by atoms with van der Waals surface area (Å²) < 4.78 is 0. The molecule has 0 spiro atoms. The molecule has 0 bridgehead atoms. The summed E-state index contributed by atoms with van der Waals surface area (Å²) >= 11 is 1.66. The molecule has 2 atom stereocenters. The maximum absolute atomic E-state index is 6.36. The Kier molecular flexibility index (Phi) is 4.93. The molecule has 3 nitrogen and oxygen atoms in total. The van der Waals surface area contributed by atoms with Crippen LogP contribution < -0.4 is 5.73 Å². The Morgan fingerprint density at radius 2 is 1.95 bits per heavy atom. The second kappa shape index (κ2) is 6.68. The first-order valence-corrected chi connectivity index (χ1v) is 7.35. The number of hydrogen-bond acceptors (Lipinski definition) is 4. The molecule has 2 aromatic rings. The number of aromatic nitrogens is 2. The fraction of sp³-hybridized carbons (Fsp3) is 0.333. The highest BCUT2D eigenvalue weighted by molar-refractivity contribution is 7.99. The first-order chi connectivity index (χ1) is 9.20. The van der Waals surface area contributed by atoms with Crippen molar-refractivity contribution in [1.82, 2.24) is 9.97 Å². The number of benzene rings is 1. The SMILES string of the molecule is CCC(Sc1nccc(C)n1)C(N)c1ccccc1. The molecule has 0 aliphatic carbocycles. The fourth-order valence-electron chi connectivity index (χ4n) is 1.92. The van der Waals surface area contributed by atoms with Crippen LogP contribution in [0.3, 0.4) is 0 Å². The molecule has 0 aliphatic heterocycles. The highest BCUT2D eigenvalue weighted by Gasteiger charge is 2.20. The second-order valence-corrected chi connectivity index (χ2v) is 5.69. The summed E-state index contributed by atoms with van der Waals surface area (Å²) in [6, 6.07) is 12.1. The summed E-state index contributed by atoms with van der Waals surface area (Å²) in [6.45, 7) is 4.13. The minimum atomic E-state index is 0.000289. The van der Waals surface area contributed by atoms with Crippen LogP contribution in [-0.4, -0.2) is 15.2 Å². The first kappa shape index (κ1) is 14.0. The van der Waals surface area contributed by atoms with Crippen LogP contribution in [0.5, 0.6) is 0 Å². The molecule has 0 radical (unpaired) electrons. The minimum Gasteiger partial charge on any atom is -0.323 e. The zero-order valence-electron chi connectivity index (χ0n) is 11.3. The maximum Gasteiger partial charge on any atom is 0.188 e. The van der Waals surface area contributed by atoms with Crippen LogP contribution in [0, 0.1) is 6.92 Å². The topological polar surface area (TPSA) is 51.8 Å². The molecule has 0 fully saturated rings. The van der Waals surface area contributed by atoms with E-state index in [9.17, 15) is 0 Å². The van der Waals surface area contributed by atoms with Crippen LogP contribution >= 0.6 is 11.8 Å². The van der Waals surface area contributed by atoms with Crippen LogP contribution in [0.25, 0.3) is 0 Å². The molecular weight excluding hydrogens is 254 g/mol. The Balaban J connectivity index is 2.12. The van der Waals surface area contributed by atoms with E-state index in [1.54, 1.807) is 18.0 Å². The van der Waals surface area contributed by atoms with Crippen molar-refractivity contribution in [3.05, 3.63) is 53.9 Å². The molecule has 1 aromatic heterocycles. The molecule has 1 heterocycles. The average Bonchev–Trinajstić information content (AvgIpc) is 2.45. The van der Waals surface area contributed by atoms with Crippen molar-refractivity contribution in [2.75, 3.05) is 0 Å². The molecule has 19 heavy (non-hydrogen) atoms. The standard InChI is InChI=1S/C15H19N3S/c1-3-13(14(16)12-7-5-4-6-8-12)19-15-17-10-9-11(2)18-15/h4-10,13-14H,3,16H2,1-2H3. The minimum absolute atomic E-state index is 0.000289. The van der Waals surface area contributed by atoms with E-state index in [-0.39, 0.29) is 11.3 Å². The molecule has 0 saturated heterocycles. The van der Waals surface area contributed by atoms with Crippen LogP contribution in [-0.2, 0) is 0 Å². The highest BCUT2D eigenvalue weighted by atomic mass is 32.2. The fourth-order valence-corrected chi connectivity index (χ4v) is 2.98. The molecule has 0 amide bonds. The van der Waals surface area contributed by atoms with E-state index >= 15 is 0 Å². The Labute approximate surface area is 118 Å². The molecular formula is C15H19N3S. The Bertz CT molecular complexity index is 516. The third-order valence-corrected chi connectivity index (χ3v) is 4.35. The van der Waals surface area contributed by atoms with Crippen LogP contribution in [0.15, 0.2) is 47.8 Å². The van der Waals surface area contributed by atoms with Gasteiger partial charge in [0.15, 0.2) is 5.16 Å². The van der Waals surface area contributed by atoms with Gasteiger partial charge in [-0.25, -0.2) is 9.97 Å². The van der Waals surface area contributed by atoms with Crippen LogP contribution in [0.4, 0.5) is 0 Å². The number of aryl methyl sites for hydroxylation is 1. The molecule has 2 N–H and O–H groups in total. The predicted molar refractivity (Wildman–Crippen MR) is 80.1 cm³/mol. The van der Waals surface area contributed by atoms with Gasteiger partial charge in [-0.05, 0) is 25.0 Å². The quantitative estimate of drug-likeness (QED) is 0.670. The molecule has 0 aliphatic rings. The van der Waals surface area contributed by atoms with Gasteiger partial charge in [0.2, 0.25) is 0 Å². The van der Waals surface area contributed by atoms with Crippen LogP contribution in [0.1, 0.15) is 30.6 Å². The van der Waals surface area contributed by atoms with Gasteiger partial charge in [-0.3, -0.25) is 0 Å². The second-order valence-electron chi connectivity index (χ2n) is 4.48. The Hall–Kier alpha value is -1.39. The number of nitrogens with two attached hydrogens (primary N) is 1. The monoisotopic (exact) mass is 273 g/mol. The first-order valence-electron chi connectivity index (χ1n) is 6.47. The number of nitrogens with zero attached hydrogens (tertiary/aromatic N) is 2. The Morgan fingerprint density at radius 3 is 2.58 bits per heavy atom. The predicted octanol–water partition coefficient (Wildman–Crippen LogP) is 3.36. The molecule has 100 valence electrons. The van der Waals surface area contributed by atoms with Crippen molar-refractivity contribution >= 4 is 11.8 Å². The molecule has 0 saturated carbocycles. The van der Waals surface area contributed by atoms with Crippen molar-refractivity contribution in [2.45, 2.75) is 36.7 Å². The van der Waals surface area contributed by atoms with E-state index in [2.05, 4.69) is 29.0 Å². The largest absolute Gasteiger partial charge is 0.323 e. The van der Waals surface area contributed by atoms with E-state index in [1.807, 2.05) is 31.2 Å². The summed E-state index contributed by atoms with van der Waals surface area (Å²) in [4.78, 5) is 8.73. The van der Waals surface area contributed by atoms with Crippen molar-refractivity contribution < 1.29 is 0 Å². The van der Waals surface area contributed by atoms with Gasteiger partial charge in [-0.15, -0.1) is 0 Å². The zero-order valence-corrected chi connectivity index (χ0v) is 12.1. The van der Waals surface area contributed by atoms with Gasteiger partial charge in [0.25, 0.3) is 0 Å². The smallest absolute Gasteiger partial charge is 0.188 e. The highest BCUT2D eigenvalue weighted by Crippen LogP contribution is 2.30. The summed E-state index contributed by atoms with van der Waals surface area (Å²) in [5, 5.41) is 1.09. The molecule has 2 unspecified atom stereocenters. The Morgan fingerprint density at radius 1 is 1.21 bits per heavy atom. The van der Waals surface area contributed by atoms with Gasteiger partial charge in [0.1, 0.15) is 0 Å². The van der Waals surface area contributed by atoms with Gasteiger partial charge in [-0.1, -0.05) is 49.0 Å². The summed E-state index contributed by atoms with van der Waals surface area (Å²) in [5.41, 5.74) is 8.51. The van der Waals surface area contributed by atoms with Crippen molar-refractivity contribution in [3.63, 3.8) is 0 Å². The zero-order chi connectivity index (χ0) is 13.7.